The van der Waals surface area contributed by atoms with Gasteiger partial charge in [0.25, 0.3) is 0 Å². The molecule has 7 nitrogen and oxygen atoms in total. The first-order valence-electron chi connectivity index (χ1n) is 13.9. The van der Waals surface area contributed by atoms with Gasteiger partial charge in [-0.3, -0.25) is 14.5 Å². The van der Waals surface area contributed by atoms with E-state index < -0.39 is 16.9 Å². The third kappa shape index (κ3) is 5.69. The molecule has 1 aromatic heterocycles. The van der Waals surface area contributed by atoms with Gasteiger partial charge in [0.15, 0.2) is 0 Å². The summed E-state index contributed by atoms with van der Waals surface area (Å²) in [6.07, 6.45) is 1.77. The molecular formula is C32H30F2N4O3S. The van der Waals surface area contributed by atoms with Crippen molar-refractivity contribution in [1.29, 1.82) is 0 Å². The van der Waals surface area contributed by atoms with Crippen LogP contribution in [0.25, 0.3) is 16.9 Å². The van der Waals surface area contributed by atoms with E-state index in [4.69, 9.17) is 9.84 Å². The number of fused-ring (bicyclic) bond motifs is 1. The molecule has 2 amide bonds. The van der Waals surface area contributed by atoms with E-state index in [1.807, 2.05) is 61.5 Å². The monoisotopic (exact) mass is 588 g/mol. The van der Waals surface area contributed by atoms with Gasteiger partial charge < -0.3 is 10.1 Å². The third-order valence-electron chi connectivity index (χ3n) is 7.48. The Bertz CT molecular complexity index is 1620. The number of benzene rings is 3. The molecule has 216 valence electrons. The maximum Gasteiger partial charge on any atom is 0.240 e. The van der Waals surface area contributed by atoms with Gasteiger partial charge in [-0.25, -0.2) is 13.5 Å². The lowest BCUT2D eigenvalue weighted by atomic mass is 9.99. The molecule has 0 aliphatic carbocycles. The normalized spacial score (nSPS) is 18.5. The van der Waals surface area contributed by atoms with Gasteiger partial charge in [-0.1, -0.05) is 48.5 Å². The molecule has 0 unspecified atom stereocenters. The van der Waals surface area contributed by atoms with Gasteiger partial charge in [0.2, 0.25) is 11.8 Å². The summed E-state index contributed by atoms with van der Waals surface area (Å²) in [7, 11) is 0. The Balaban J connectivity index is 1.53. The zero-order valence-corrected chi connectivity index (χ0v) is 23.9. The summed E-state index contributed by atoms with van der Waals surface area (Å²) < 4.78 is 36.6. The van der Waals surface area contributed by atoms with Crippen molar-refractivity contribution >= 4 is 29.4 Å². The minimum Gasteiger partial charge on any atom is -0.376 e. The van der Waals surface area contributed by atoms with Gasteiger partial charge >= 0.3 is 0 Å². The standard InChI is InChI=1S/C32H30F2N4O3S/c1-20-7-5-10-23(15-20)38-32-29(30(36-38)21-8-3-2-4-9-21)31(25-13-12-22(33)16-26(25)34)42-19-28(40)37(32)18-27(39)35-17-24-11-6-14-41-24/h2-5,7-10,12-13,15-16,24,31H,6,11,14,17-19H2,1H3,(H,35,39)/t24-,31-/m0/s1. The lowest BCUT2D eigenvalue weighted by molar-refractivity contribution is -0.123. The fourth-order valence-corrected chi connectivity index (χ4v) is 6.68. The molecule has 0 radical (unpaired) electrons. The summed E-state index contributed by atoms with van der Waals surface area (Å²) in [6, 6.07) is 20.6. The predicted molar refractivity (Wildman–Crippen MR) is 159 cm³/mol. The first-order valence-corrected chi connectivity index (χ1v) is 14.9. The SMILES string of the molecule is Cc1cccc(-n2nc(-c3ccccc3)c3c2N(CC(=O)NC[C@@H]2CCCO2)C(=O)CS[C@H]3c2ccc(F)cc2F)c1. The first kappa shape index (κ1) is 28.1. The van der Waals surface area contributed by atoms with Crippen molar-refractivity contribution in [3.05, 3.63) is 101 Å². The van der Waals surface area contributed by atoms with Crippen molar-refractivity contribution in [3.63, 3.8) is 0 Å². The van der Waals surface area contributed by atoms with Crippen molar-refractivity contribution in [2.24, 2.45) is 0 Å². The van der Waals surface area contributed by atoms with Crippen LogP contribution in [-0.2, 0) is 14.3 Å². The minimum atomic E-state index is -0.712. The van der Waals surface area contributed by atoms with Crippen molar-refractivity contribution in [2.75, 3.05) is 30.3 Å². The highest BCUT2D eigenvalue weighted by Crippen LogP contribution is 2.49. The van der Waals surface area contributed by atoms with Gasteiger partial charge in [-0.15, -0.1) is 11.8 Å². The summed E-state index contributed by atoms with van der Waals surface area (Å²) in [4.78, 5) is 28.5. The molecule has 1 fully saturated rings. The molecule has 42 heavy (non-hydrogen) atoms. The maximum absolute atomic E-state index is 15.4. The molecule has 2 atom stereocenters. The van der Waals surface area contributed by atoms with Crippen LogP contribution in [0.15, 0.2) is 72.8 Å². The fraction of sp³-hybridized carbons (Fsp3) is 0.281. The van der Waals surface area contributed by atoms with Crippen LogP contribution in [0.2, 0.25) is 0 Å². The van der Waals surface area contributed by atoms with Crippen molar-refractivity contribution in [3.8, 4) is 16.9 Å². The Hall–Kier alpha value is -4.02. The molecule has 4 aromatic rings. The molecule has 2 aliphatic heterocycles. The number of aryl methyl sites for hydroxylation is 1. The highest BCUT2D eigenvalue weighted by Gasteiger charge is 2.38. The Labute approximate surface area is 246 Å². The van der Waals surface area contributed by atoms with E-state index in [1.165, 1.54) is 28.8 Å². The molecule has 0 saturated carbocycles. The summed E-state index contributed by atoms with van der Waals surface area (Å²) in [5, 5.41) is 7.22. The quantitative estimate of drug-likeness (QED) is 0.305. The van der Waals surface area contributed by atoms with Gasteiger partial charge in [-0.05, 0) is 43.5 Å². The van der Waals surface area contributed by atoms with Crippen LogP contribution in [-0.4, -0.2) is 53.1 Å². The van der Waals surface area contributed by atoms with E-state index in [1.54, 1.807) is 4.68 Å². The number of rotatable bonds is 7. The molecule has 10 heteroatoms. The molecule has 2 aliphatic rings. The minimum absolute atomic E-state index is 0.0166. The van der Waals surface area contributed by atoms with Crippen LogP contribution >= 0.6 is 11.8 Å². The highest BCUT2D eigenvalue weighted by atomic mass is 32.2. The topological polar surface area (TPSA) is 76.5 Å². The van der Waals surface area contributed by atoms with E-state index in [2.05, 4.69) is 5.32 Å². The van der Waals surface area contributed by atoms with E-state index in [0.29, 0.717) is 35.9 Å². The second-order valence-corrected chi connectivity index (χ2v) is 11.6. The molecular weight excluding hydrogens is 558 g/mol. The van der Waals surface area contributed by atoms with Crippen LogP contribution in [0, 0.1) is 18.6 Å². The number of hydrogen-bond donors (Lipinski definition) is 1. The predicted octanol–water partition coefficient (Wildman–Crippen LogP) is 5.59. The Morgan fingerprint density at radius 1 is 1.10 bits per heavy atom. The smallest absolute Gasteiger partial charge is 0.240 e. The zero-order chi connectivity index (χ0) is 29.2. The number of aromatic nitrogens is 2. The lowest BCUT2D eigenvalue weighted by Crippen LogP contribution is -2.44. The molecule has 1 saturated heterocycles. The number of anilines is 1. The molecule has 3 aromatic carbocycles. The number of nitrogens with zero attached hydrogens (tertiary/aromatic N) is 3. The van der Waals surface area contributed by atoms with Gasteiger partial charge in [0.05, 0.1) is 28.5 Å². The van der Waals surface area contributed by atoms with Crippen LogP contribution in [0.1, 0.15) is 34.8 Å². The van der Waals surface area contributed by atoms with E-state index in [9.17, 15) is 14.0 Å². The number of hydrogen-bond acceptors (Lipinski definition) is 5. The van der Waals surface area contributed by atoms with Crippen LogP contribution < -0.4 is 10.2 Å². The molecule has 3 heterocycles. The number of ether oxygens (including phenoxy) is 1. The Morgan fingerprint density at radius 3 is 2.67 bits per heavy atom. The molecule has 6 rings (SSSR count). The number of nitrogens with one attached hydrogen (secondary N) is 1. The van der Waals surface area contributed by atoms with Crippen molar-refractivity contribution in [2.45, 2.75) is 31.1 Å². The van der Waals surface area contributed by atoms with E-state index >= 15 is 4.39 Å². The number of thioether (sulfide) groups is 1. The van der Waals surface area contributed by atoms with Crippen LogP contribution in [0.3, 0.4) is 0 Å². The lowest BCUT2D eigenvalue weighted by Gasteiger charge is -2.23. The summed E-state index contributed by atoms with van der Waals surface area (Å²) in [5.74, 6) is -1.68. The summed E-state index contributed by atoms with van der Waals surface area (Å²) in [5.41, 5.74) is 3.81. The third-order valence-corrected chi connectivity index (χ3v) is 8.72. The average molecular weight is 589 g/mol. The highest BCUT2D eigenvalue weighted by molar-refractivity contribution is 8.00. The number of carbonyl (C=O) groups excluding carboxylic acids is 2. The molecule has 0 bridgehead atoms. The van der Waals surface area contributed by atoms with Gasteiger partial charge in [0.1, 0.15) is 24.0 Å². The van der Waals surface area contributed by atoms with Crippen LogP contribution in [0.5, 0.6) is 0 Å². The summed E-state index contributed by atoms with van der Waals surface area (Å²) in [6.45, 7) is 2.74. The first-order chi connectivity index (χ1) is 20.4. The largest absolute Gasteiger partial charge is 0.376 e. The maximum atomic E-state index is 15.4. The summed E-state index contributed by atoms with van der Waals surface area (Å²) >= 11 is 1.23. The Morgan fingerprint density at radius 2 is 1.93 bits per heavy atom. The fourth-order valence-electron chi connectivity index (χ4n) is 5.46. The second kappa shape index (κ2) is 12.1. The number of amides is 2. The second-order valence-electron chi connectivity index (χ2n) is 10.5. The zero-order valence-electron chi connectivity index (χ0n) is 23.1. The van der Waals surface area contributed by atoms with Gasteiger partial charge in [-0.2, -0.15) is 5.10 Å². The van der Waals surface area contributed by atoms with E-state index in [0.717, 1.165) is 30.0 Å². The van der Waals surface area contributed by atoms with Crippen molar-refractivity contribution in [1.82, 2.24) is 15.1 Å². The average Bonchev–Trinajstić information content (AvgIpc) is 3.62. The van der Waals surface area contributed by atoms with Crippen LogP contribution in [0.4, 0.5) is 14.6 Å². The Kier molecular flexibility index (Phi) is 8.08. The van der Waals surface area contributed by atoms with Gasteiger partial charge in [0, 0.05) is 35.9 Å². The molecule has 1 N–H and O–H groups in total. The number of halogens is 2. The van der Waals surface area contributed by atoms with E-state index in [-0.39, 0.29) is 35.8 Å². The molecule has 0 spiro atoms. The number of carbonyl (C=O) groups is 2. The van der Waals surface area contributed by atoms with Crippen molar-refractivity contribution < 1.29 is 23.1 Å².